The van der Waals surface area contributed by atoms with Crippen LogP contribution in [0.1, 0.15) is 6.92 Å². The Balaban J connectivity index is 2.10. The summed E-state index contributed by atoms with van der Waals surface area (Å²) >= 11 is 0. The number of nitrogens with one attached hydrogen (secondary N) is 2. The smallest absolute Gasteiger partial charge is 0.357 e. The Morgan fingerprint density at radius 2 is 2.30 bits per heavy atom. The van der Waals surface area contributed by atoms with Gasteiger partial charge in [0.25, 0.3) is 12.1 Å². The normalized spacial score (nSPS) is 13.1. The van der Waals surface area contributed by atoms with Crippen molar-refractivity contribution in [2.45, 2.75) is 13.1 Å². The second-order valence-corrected chi connectivity index (χ2v) is 3.08. The maximum absolute atomic E-state index is 11.6. The molecule has 2 N–H and O–H groups in total. The topological polar surface area (TPSA) is 172 Å². The van der Waals surface area contributed by atoms with Crippen LogP contribution in [0, 0.1) is 0 Å². The summed E-state index contributed by atoms with van der Waals surface area (Å²) in [5.74, 6) is -0.647. The number of aromatic amines is 2. The van der Waals surface area contributed by atoms with Gasteiger partial charge in [-0.2, -0.15) is 15.3 Å². The Kier molecular flexibility index (Phi) is 4.47. The number of azo groups is 2. The van der Waals surface area contributed by atoms with E-state index in [1.165, 1.54) is 6.33 Å². The molecule has 2 rings (SSSR count). The number of carbonyl (C=O) groups is 1. The molecule has 104 valence electrons. The Bertz CT molecular complexity index is 530. The maximum Gasteiger partial charge on any atom is 0.357 e. The van der Waals surface area contributed by atoms with Gasteiger partial charge in [-0.25, -0.2) is 9.89 Å². The van der Waals surface area contributed by atoms with Crippen molar-refractivity contribution in [3.63, 3.8) is 0 Å². The van der Waals surface area contributed by atoms with E-state index in [1.54, 1.807) is 6.92 Å². The summed E-state index contributed by atoms with van der Waals surface area (Å²) in [5.41, 5.74) is 0. The van der Waals surface area contributed by atoms with E-state index < -0.39 is 12.1 Å². The molecule has 0 spiro atoms. The second-order valence-electron chi connectivity index (χ2n) is 3.08. The Morgan fingerprint density at radius 1 is 1.45 bits per heavy atom. The fourth-order valence-electron chi connectivity index (χ4n) is 0.996. The van der Waals surface area contributed by atoms with E-state index in [-0.39, 0.29) is 18.5 Å². The Hall–Kier alpha value is -3.12. The molecule has 2 aromatic heterocycles. The first-order chi connectivity index (χ1) is 9.79. The van der Waals surface area contributed by atoms with Crippen molar-refractivity contribution in [1.82, 2.24) is 35.8 Å². The van der Waals surface area contributed by atoms with Crippen molar-refractivity contribution in [1.29, 1.82) is 0 Å². The number of hydrogen-bond acceptors (Lipinski definition) is 11. The third-order valence-electron chi connectivity index (χ3n) is 1.75. The van der Waals surface area contributed by atoms with Crippen LogP contribution < -0.4 is 0 Å². The molecule has 0 bridgehead atoms. The quantitative estimate of drug-likeness (QED) is 0.556. The average molecular weight is 279 g/mol. The van der Waals surface area contributed by atoms with Gasteiger partial charge in [0.2, 0.25) is 0 Å². The monoisotopic (exact) mass is 279 g/mol. The first kappa shape index (κ1) is 13.3. The van der Waals surface area contributed by atoms with Gasteiger partial charge in [-0.3, -0.25) is 0 Å². The highest BCUT2D eigenvalue weighted by atomic mass is 16.5. The highest BCUT2D eigenvalue weighted by molar-refractivity contribution is 5.75. The number of H-pyrrole nitrogens is 2. The number of hydrogen-bond donors (Lipinski definition) is 2. The lowest BCUT2D eigenvalue weighted by molar-refractivity contribution is -0.144. The molecule has 0 fully saturated rings. The van der Waals surface area contributed by atoms with Crippen LogP contribution in [0.5, 0.6) is 0 Å². The van der Waals surface area contributed by atoms with Gasteiger partial charge in [-0.15, -0.1) is 25.6 Å². The third kappa shape index (κ3) is 3.69. The lowest BCUT2D eigenvalue weighted by atomic mass is 10.5. The molecule has 2 aromatic rings. The van der Waals surface area contributed by atoms with Crippen LogP contribution in [0.3, 0.4) is 0 Å². The van der Waals surface area contributed by atoms with Gasteiger partial charge in [0.15, 0.2) is 0 Å². The van der Waals surface area contributed by atoms with E-state index in [4.69, 9.17) is 4.74 Å². The van der Waals surface area contributed by atoms with Crippen molar-refractivity contribution in [2.75, 3.05) is 6.61 Å². The summed E-state index contributed by atoms with van der Waals surface area (Å²) in [6.07, 6.45) is -0.0484. The van der Waals surface area contributed by atoms with Crippen molar-refractivity contribution in [3.8, 4) is 0 Å². The van der Waals surface area contributed by atoms with Gasteiger partial charge in [0.1, 0.15) is 6.33 Å². The van der Waals surface area contributed by atoms with Crippen LogP contribution in [0.15, 0.2) is 26.8 Å². The average Bonchev–Trinajstić information content (AvgIpc) is 3.12. The number of rotatable bonds is 6. The van der Waals surface area contributed by atoms with E-state index in [1.807, 2.05) is 0 Å². The number of nitrogens with zero attached hydrogens (tertiary/aromatic N) is 9. The minimum Gasteiger partial charge on any atom is -0.463 e. The predicted octanol–water partition coefficient (Wildman–Crippen LogP) is 0.0746. The highest BCUT2D eigenvalue weighted by Gasteiger charge is 2.19. The molecule has 0 saturated carbocycles. The third-order valence-corrected chi connectivity index (χ3v) is 1.75. The first-order valence-corrected chi connectivity index (χ1v) is 5.36. The molecule has 13 nitrogen and oxygen atoms in total. The molecule has 0 amide bonds. The SMILES string of the molecule is CCOC(=O)C(N=Nc1nn[nH]n1)N=Nc1ncn[nH]1. The highest BCUT2D eigenvalue weighted by Crippen LogP contribution is 2.08. The second kappa shape index (κ2) is 6.72. The van der Waals surface area contributed by atoms with Gasteiger partial charge in [-0.1, -0.05) is 5.10 Å². The summed E-state index contributed by atoms with van der Waals surface area (Å²) < 4.78 is 4.79. The molecule has 20 heavy (non-hydrogen) atoms. The number of tetrazole rings is 1. The summed E-state index contributed by atoms with van der Waals surface area (Å²) in [7, 11) is 0. The fourth-order valence-corrected chi connectivity index (χ4v) is 0.996. The van der Waals surface area contributed by atoms with Crippen LogP contribution in [0.2, 0.25) is 0 Å². The first-order valence-electron chi connectivity index (χ1n) is 5.36. The zero-order chi connectivity index (χ0) is 14.2. The van der Waals surface area contributed by atoms with Crippen LogP contribution in [-0.4, -0.2) is 54.5 Å². The van der Waals surface area contributed by atoms with Gasteiger partial charge in [0.05, 0.1) is 6.61 Å². The predicted molar refractivity (Wildman–Crippen MR) is 60.0 cm³/mol. The molecule has 13 heteroatoms. The molecule has 0 radical (unpaired) electrons. The maximum atomic E-state index is 11.6. The van der Waals surface area contributed by atoms with Crippen molar-refractivity contribution in [2.24, 2.45) is 20.5 Å². The summed E-state index contributed by atoms with van der Waals surface area (Å²) in [6, 6.07) is 0. The number of aromatic nitrogens is 7. The number of esters is 1. The summed E-state index contributed by atoms with van der Waals surface area (Å²) in [4.78, 5) is 15.3. The molecule has 1 unspecified atom stereocenters. The lowest BCUT2D eigenvalue weighted by Gasteiger charge is -2.03. The van der Waals surface area contributed by atoms with Crippen molar-refractivity contribution in [3.05, 3.63) is 6.33 Å². The largest absolute Gasteiger partial charge is 0.463 e. The zero-order valence-corrected chi connectivity index (χ0v) is 10.2. The minimum atomic E-state index is -1.29. The molecule has 0 saturated heterocycles. The van der Waals surface area contributed by atoms with Crippen LogP contribution >= 0.6 is 0 Å². The molecule has 0 aromatic carbocycles. The molecular formula is C7H9N11O2. The van der Waals surface area contributed by atoms with Gasteiger partial charge in [-0.05, 0) is 12.1 Å². The van der Waals surface area contributed by atoms with E-state index in [9.17, 15) is 4.79 Å². The molecule has 0 aliphatic rings. The molecule has 1 atom stereocenters. The van der Waals surface area contributed by atoms with Crippen molar-refractivity contribution >= 4 is 17.9 Å². The Labute approximate surface area is 111 Å². The minimum absolute atomic E-state index is 0.0471. The molecule has 2 heterocycles. The summed E-state index contributed by atoms with van der Waals surface area (Å²) in [5, 5.41) is 33.1. The van der Waals surface area contributed by atoms with Crippen LogP contribution in [-0.2, 0) is 9.53 Å². The van der Waals surface area contributed by atoms with E-state index in [0.717, 1.165) is 0 Å². The van der Waals surface area contributed by atoms with Crippen LogP contribution in [0.25, 0.3) is 0 Å². The summed E-state index contributed by atoms with van der Waals surface area (Å²) in [6.45, 7) is 1.82. The lowest BCUT2D eigenvalue weighted by Crippen LogP contribution is -2.18. The van der Waals surface area contributed by atoms with Gasteiger partial charge < -0.3 is 4.74 Å². The molecule has 0 aliphatic heterocycles. The fraction of sp³-hybridized carbons (Fsp3) is 0.429. The zero-order valence-electron chi connectivity index (χ0n) is 10.2. The number of carbonyl (C=O) groups excluding carboxylic acids is 1. The van der Waals surface area contributed by atoms with E-state index in [2.05, 4.69) is 56.3 Å². The van der Waals surface area contributed by atoms with E-state index >= 15 is 0 Å². The standard InChI is InChI=1S/C7H9N11O2/c1-2-20-5(19)4(10-13-6-8-3-9-12-6)11-14-7-15-17-18-16-7/h3-4H,2H2,1H3,(H,8,9,12)(H,15,16,17,18). The molecule has 0 aliphatic carbocycles. The van der Waals surface area contributed by atoms with Gasteiger partial charge in [0, 0.05) is 0 Å². The molecular weight excluding hydrogens is 270 g/mol. The van der Waals surface area contributed by atoms with E-state index in [0.29, 0.717) is 0 Å². The number of ether oxygens (including phenoxy) is 1. The van der Waals surface area contributed by atoms with Crippen LogP contribution in [0.4, 0.5) is 11.9 Å². The Morgan fingerprint density at radius 3 is 2.95 bits per heavy atom. The van der Waals surface area contributed by atoms with Crippen molar-refractivity contribution < 1.29 is 9.53 Å². The van der Waals surface area contributed by atoms with Gasteiger partial charge >= 0.3 is 11.9 Å².